The SMILES string of the molecule is CNc1cc(Sc2ccccc2F)nc(C(C)(C)C)n1. The molecule has 0 saturated carbocycles. The van der Waals surface area contributed by atoms with E-state index in [1.807, 2.05) is 19.2 Å². The minimum atomic E-state index is -0.237. The predicted molar refractivity (Wildman–Crippen MR) is 80.8 cm³/mol. The van der Waals surface area contributed by atoms with Gasteiger partial charge < -0.3 is 5.32 Å². The second-order valence-corrected chi connectivity index (χ2v) is 6.51. The van der Waals surface area contributed by atoms with Gasteiger partial charge in [0, 0.05) is 23.4 Å². The fourth-order valence-electron chi connectivity index (χ4n) is 1.58. The highest BCUT2D eigenvalue weighted by molar-refractivity contribution is 7.99. The van der Waals surface area contributed by atoms with Crippen molar-refractivity contribution in [1.82, 2.24) is 9.97 Å². The van der Waals surface area contributed by atoms with E-state index in [0.717, 1.165) is 16.7 Å². The van der Waals surface area contributed by atoms with Crippen molar-refractivity contribution in [3.8, 4) is 0 Å². The van der Waals surface area contributed by atoms with Gasteiger partial charge in [-0.3, -0.25) is 0 Å². The van der Waals surface area contributed by atoms with E-state index in [0.29, 0.717) is 4.90 Å². The summed E-state index contributed by atoms with van der Waals surface area (Å²) in [5.41, 5.74) is -0.155. The lowest BCUT2D eigenvalue weighted by Crippen LogP contribution is -2.17. The Bertz CT molecular complexity index is 608. The molecule has 20 heavy (non-hydrogen) atoms. The van der Waals surface area contributed by atoms with E-state index >= 15 is 0 Å². The van der Waals surface area contributed by atoms with Crippen molar-refractivity contribution in [1.29, 1.82) is 0 Å². The molecule has 1 N–H and O–H groups in total. The number of hydrogen-bond donors (Lipinski definition) is 1. The number of anilines is 1. The molecule has 0 bridgehead atoms. The van der Waals surface area contributed by atoms with Gasteiger partial charge in [0.05, 0.1) is 0 Å². The molecular formula is C15H18FN3S. The fraction of sp³-hybridized carbons (Fsp3) is 0.333. The van der Waals surface area contributed by atoms with Crippen LogP contribution in [0.4, 0.5) is 10.2 Å². The first-order valence-corrected chi connectivity index (χ1v) is 7.21. The topological polar surface area (TPSA) is 37.8 Å². The molecule has 0 spiro atoms. The summed E-state index contributed by atoms with van der Waals surface area (Å²) < 4.78 is 13.7. The number of aromatic nitrogens is 2. The molecule has 0 saturated heterocycles. The normalized spacial score (nSPS) is 11.4. The van der Waals surface area contributed by atoms with Crippen molar-refractivity contribution in [2.75, 3.05) is 12.4 Å². The molecule has 0 radical (unpaired) electrons. The van der Waals surface area contributed by atoms with Crippen LogP contribution in [0.15, 0.2) is 40.3 Å². The van der Waals surface area contributed by atoms with E-state index < -0.39 is 0 Å². The average molecular weight is 291 g/mol. The van der Waals surface area contributed by atoms with Crippen LogP contribution in [0.2, 0.25) is 0 Å². The minimum absolute atomic E-state index is 0.155. The number of nitrogens with zero attached hydrogens (tertiary/aromatic N) is 2. The van der Waals surface area contributed by atoms with Crippen LogP contribution in [0, 0.1) is 5.82 Å². The zero-order valence-corrected chi connectivity index (χ0v) is 12.9. The van der Waals surface area contributed by atoms with Crippen molar-refractivity contribution >= 4 is 17.6 Å². The molecule has 2 aromatic rings. The smallest absolute Gasteiger partial charge is 0.137 e. The van der Waals surface area contributed by atoms with E-state index in [1.165, 1.54) is 17.8 Å². The Balaban J connectivity index is 2.39. The standard InChI is InChI=1S/C15H18FN3S/c1-15(2,3)14-18-12(17-4)9-13(19-14)20-11-8-6-5-7-10(11)16/h5-9H,1-4H3,(H,17,18,19). The summed E-state index contributed by atoms with van der Waals surface area (Å²) in [6, 6.07) is 8.52. The Morgan fingerprint density at radius 3 is 2.45 bits per heavy atom. The molecule has 3 nitrogen and oxygen atoms in total. The highest BCUT2D eigenvalue weighted by Gasteiger charge is 2.19. The van der Waals surface area contributed by atoms with E-state index in [-0.39, 0.29) is 11.2 Å². The fourth-order valence-corrected chi connectivity index (χ4v) is 2.42. The summed E-state index contributed by atoms with van der Waals surface area (Å²) in [5.74, 6) is 1.24. The quantitative estimate of drug-likeness (QED) is 0.864. The van der Waals surface area contributed by atoms with E-state index in [4.69, 9.17) is 0 Å². The zero-order chi connectivity index (χ0) is 14.8. The first-order valence-electron chi connectivity index (χ1n) is 6.40. The lowest BCUT2D eigenvalue weighted by atomic mass is 9.96. The summed E-state index contributed by atoms with van der Waals surface area (Å²) in [6.45, 7) is 6.16. The molecule has 0 fully saturated rings. The van der Waals surface area contributed by atoms with Crippen LogP contribution in [0.25, 0.3) is 0 Å². The van der Waals surface area contributed by atoms with Crippen molar-refractivity contribution in [3.05, 3.63) is 42.0 Å². The number of rotatable bonds is 3. The van der Waals surface area contributed by atoms with Gasteiger partial charge in [-0.05, 0) is 12.1 Å². The summed E-state index contributed by atoms with van der Waals surface area (Å²) >= 11 is 1.31. The lowest BCUT2D eigenvalue weighted by molar-refractivity contribution is 0.539. The molecule has 0 atom stereocenters. The van der Waals surface area contributed by atoms with Crippen LogP contribution in [0.3, 0.4) is 0 Å². The summed E-state index contributed by atoms with van der Waals surface area (Å²) in [7, 11) is 1.81. The molecule has 0 aliphatic carbocycles. The molecule has 2 rings (SSSR count). The molecule has 0 aliphatic heterocycles. The molecule has 0 unspecified atom stereocenters. The Morgan fingerprint density at radius 2 is 1.85 bits per heavy atom. The molecule has 1 aromatic heterocycles. The number of nitrogens with one attached hydrogen (secondary N) is 1. The summed E-state index contributed by atoms with van der Waals surface area (Å²) in [4.78, 5) is 9.56. The van der Waals surface area contributed by atoms with Crippen molar-refractivity contribution in [2.24, 2.45) is 0 Å². The largest absolute Gasteiger partial charge is 0.373 e. The van der Waals surface area contributed by atoms with Crippen LogP contribution < -0.4 is 5.32 Å². The first-order chi connectivity index (χ1) is 9.40. The second-order valence-electron chi connectivity index (χ2n) is 5.45. The number of benzene rings is 1. The molecule has 1 heterocycles. The predicted octanol–water partition coefficient (Wildman–Crippen LogP) is 4.11. The van der Waals surface area contributed by atoms with E-state index in [2.05, 4.69) is 36.1 Å². The first kappa shape index (κ1) is 14.8. The third kappa shape index (κ3) is 3.48. The molecule has 0 aliphatic rings. The van der Waals surface area contributed by atoms with Crippen LogP contribution in [0.1, 0.15) is 26.6 Å². The van der Waals surface area contributed by atoms with Gasteiger partial charge >= 0.3 is 0 Å². The summed E-state index contributed by atoms with van der Waals surface area (Å²) in [5, 5.41) is 3.76. The number of halogens is 1. The van der Waals surface area contributed by atoms with Crippen LogP contribution in [0.5, 0.6) is 0 Å². The Labute approximate surface area is 123 Å². The van der Waals surface area contributed by atoms with Crippen LogP contribution in [-0.4, -0.2) is 17.0 Å². The van der Waals surface area contributed by atoms with Gasteiger partial charge in [0.15, 0.2) is 0 Å². The highest BCUT2D eigenvalue weighted by Crippen LogP contribution is 2.31. The van der Waals surface area contributed by atoms with Crippen LogP contribution >= 0.6 is 11.8 Å². The van der Waals surface area contributed by atoms with Gasteiger partial charge in [0.1, 0.15) is 22.5 Å². The molecule has 1 aromatic carbocycles. The third-order valence-electron chi connectivity index (χ3n) is 2.68. The Morgan fingerprint density at radius 1 is 1.15 bits per heavy atom. The third-order valence-corrected chi connectivity index (χ3v) is 3.65. The van der Waals surface area contributed by atoms with Gasteiger partial charge in [-0.1, -0.05) is 44.7 Å². The molecular weight excluding hydrogens is 273 g/mol. The van der Waals surface area contributed by atoms with Gasteiger partial charge in [0.25, 0.3) is 0 Å². The van der Waals surface area contributed by atoms with Crippen molar-refractivity contribution in [2.45, 2.75) is 36.1 Å². The van der Waals surface area contributed by atoms with E-state index in [1.54, 1.807) is 12.1 Å². The minimum Gasteiger partial charge on any atom is -0.373 e. The Kier molecular flexibility index (Phi) is 4.28. The molecule has 5 heteroatoms. The monoisotopic (exact) mass is 291 g/mol. The van der Waals surface area contributed by atoms with Gasteiger partial charge in [-0.15, -0.1) is 0 Å². The van der Waals surface area contributed by atoms with Gasteiger partial charge in [-0.2, -0.15) is 0 Å². The second kappa shape index (κ2) is 5.79. The van der Waals surface area contributed by atoms with Crippen molar-refractivity contribution in [3.63, 3.8) is 0 Å². The maximum absolute atomic E-state index is 13.7. The zero-order valence-electron chi connectivity index (χ0n) is 12.1. The Hall–Kier alpha value is -1.62. The lowest BCUT2D eigenvalue weighted by Gasteiger charge is -2.18. The van der Waals surface area contributed by atoms with Crippen LogP contribution in [-0.2, 0) is 5.41 Å². The maximum atomic E-state index is 13.7. The summed E-state index contributed by atoms with van der Waals surface area (Å²) in [6.07, 6.45) is 0. The van der Waals surface area contributed by atoms with Gasteiger partial charge in [0.2, 0.25) is 0 Å². The van der Waals surface area contributed by atoms with Crippen molar-refractivity contribution < 1.29 is 4.39 Å². The number of hydrogen-bond acceptors (Lipinski definition) is 4. The molecule has 0 amide bonds. The van der Waals surface area contributed by atoms with E-state index in [9.17, 15) is 4.39 Å². The maximum Gasteiger partial charge on any atom is 0.137 e. The van der Waals surface area contributed by atoms with Gasteiger partial charge in [-0.25, -0.2) is 14.4 Å². The molecule has 106 valence electrons. The average Bonchev–Trinajstić information content (AvgIpc) is 2.40. The highest BCUT2D eigenvalue weighted by atomic mass is 32.2.